The van der Waals surface area contributed by atoms with Crippen molar-refractivity contribution < 1.29 is 14.2 Å². The molecule has 5 heteroatoms. The SMILES string of the molecule is CCC(CNCc1cc(OC)c(OC)cc1Cl)Oc1ccccc1C(C)CC. The van der Waals surface area contributed by atoms with Crippen molar-refractivity contribution in [2.45, 2.75) is 52.2 Å². The molecule has 0 heterocycles. The third-order valence-corrected chi connectivity index (χ3v) is 5.40. The summed E-state index contributed by atoms with van der Waals surface area (Å²) in [4.78, 5) is 0. The van der Waals surface area contributed by atoms with E-state index in [4.69, 9.17) is 25.8 Å². The third kappa shape index (κ3) is 5.79. The largest absolute Gasteiger partial charge is 0.493 e. The maximum Gasteiger partial charge on any atom is 0.162 e. The highest BCUT2D eigenvalue weighted by atomic mass is 35.5. The van der Waals surface area contributed by atoms with Gasteiger partial charge in [0, 0.05) is 24.2 Å². The highest BCUT2D eigenvalue weighted by molar-refractivity contribution is 6.31. The van der Waals surface area contributed by atoms with Gasteiger partial charge in [-0.15, -0.1) is 0 Å². The van der Waals surface area contributed by atoms with E-state index in [1.807, 2.05) is 12.1 Å². The van der Waals surface area contributed by atoms with Crippen LogP contribution in [0.25, 0.3) is 0 Å². The number of hydrogen-bond acceptors (Lipinski definition) is 4. The lowest BCUT2D eigenvalue weighted by Gasteiger charge is -2.22. The first-order chi connectivity index (χ1) is 13.5. The van der Waals surface area contributed by atoms with Gasteiger partial charge in [-0.3, -0.25) is 0 Å². The number of para-hydroxylation sites is 1. The minimum Gasteiger partial charge on any atom is -0.493 e. The smallest absolute Gasteiger partial charge is 0.162 e. The number of methoxy groups -OCH3 is 2. The van der Waals surface area contributed by atoms with E-state index >= 15 is 0 Å². The van der Waals surface area contributed by atoms with Crippen molar-refractivity contribution in [1.82, 2.24) is 5.32 Å². The molecular weight excluding hydrogens is 374 g/mol. The second-order valence-corrected chi connectivity index (χ2v) is 7.33. The van der Waals surface area contributed by atoms with Crippen LogP contribution >= 0.6 is 11.6 Å². The molecule has 0 saturated heterocycles. The van der Waals surface area contributed by atoms with Gasteiger partial charge in [0.05, 0.1) is 14.2 Å². The monoisotopic (exact) mass is 405 g/mol. The van der Waals surface area contributed by atoms with Crippen LogP contribution in [-0.2, 0) is 6.54 Å². The van der Waals surface area contributed by atoms with Crippen molar-refractivity contribution in [3.63, 3.8) is 0 Å². The predicted octanol–water partition coefficient (Wildman–Crippen LogP) is 5.82. The van der Waals surface area contributed by atoms with Crippen molar-refractivity contribution in [2.24, 2.45) is 0 Å². The number of rotatable bonds is 11. The zero-order valence-electron chi connectivity index (χ0n) is 17.5. The van der Waals surface area contributed by atoms with E-state index in [0.29, 0.717) is 29.0 Å². The fourth-order valence-corrected chi connectivity index (χ4v) is 3.28. The average Bonchev–Trinajstić information content (AvgIpc) is 2.73. The molecule has 0 saturated carbocycles. The summed E-state index contributed by atoms with van der Waals surface area (Å²) in [7, 11) is 3.23. The second-order valence-electron chi connectivity index (χ2n) is 6.92. The Balaban J connectivity index is 2.00. The molecule has 0 aromatic heterocycles. The molecule has 0 radical (unpaired) electrons. The van der Waals surface area contributed by atoms with Crippen LogP contribution in [0.2, 0.25) is 5.02 Å². The van der Waals surface area contributed by atoms with Gasteiger partial charge in [0.25, 0.3) is 0 Å². The quantitative estimate of drug-likeness (QED) is 0.511. The number of halogens is 1. The van der Waals surface area contributed by atoms with Crippen molar-refractivity contribution in [3.05, 3.63) is 52.5 Å². The van der Waals surface area contributed by atoms with E-state index in [9.17, 15) is 0 Å². The van der Waals surface area contributed by atoms with Gasteiger partial charge in [-0.2, -0.15) is 0 Å². The van der Waals surface area contributed by atoms with Crippen LogP contribution in [0.1, 0.15) is 50.7 Å². The molecule has 2 aromatic rings. The first-order valence-electron chi connectivity index (χ1n) is 9.90. The molecule has 1 N–H and O–H groups in total. The lowest BCUT2D eigenvalue weighted by atomic mass is 9.98. The van der Waals surface area contributed by atoms with Gasteiger partial charge in [0.1, 0.15) is 11.9 Å². The molecule has 2 rings (SSSR count). The highest BCUT2D eigenvalue weighted by Crippen LogP contribution is 2.33. The minimum absolute atomic E-state index is 0.0872. The normalized spacial score (nSPS) is 13.1. The van der Waals surface area contributed by atoms with E-state index in [1.165, 1.54) is 5.56 Å². The van der Waals surface area contributed by atoms with Crippen LogP contribution in [0.4, 0.5) is 0 Å². The van der Waals surface area contributed by atoms with E-state index in [2.05, 4.69) is 44.3 Å². The van der Waals surface area contributed by atoms with Gasteiger partial charge in [-0.05, 0) is 42.0 Å². The van der Waals surface area contributed by atoms with Crippen LogP contribution < -0.4 is 19.5 Å². The zero-order valence-corrected chi connectivity index (χ0v) is 18.3. The van der Waals surface area contributed by atoms with Crippen LogP contribution in [0.15, 0.2) is 36.4 Å². The molecule has 0 aliphatic carbocycles. The molecule has 0 aliphatic rings. The standard InChI is InChI=1S/C23H32ClNO3/c1-6-16(3)19-10-8-9-11-21(19)28-18(7-2)15-25-14-17-12-22(26-4)23(27-5)13-20(17)24/h8-13,16,18,25H,6-7,14-15H2,1-5H3. The van der Waals surface area contributed by atoms with E-state index in [-0.39, 0.29) is 6.10 Å². The Morgan fingerprint density at radius 3 is 2.29 bits per heavy atom. The Bertz CT molecular complexity index is 751. The minimum atomic E-state index is 0.0872. The number of ether oxygens (including phenoxy) is 3. The second kappa shape index (κ2) is 11.2. The fourth-order valence-electron chi connectivity index (χ4n) is 3.06. The summed E-state index contributed by atoms with van der Waals surface area (Å²) in [6.45, 7) is 7.94. The van der Waals surface area contributed by atoms with Crippen molar-refractivity contribution in [2.75, 3.05) is 20.8 Å². The highest BCUT2D eigenvalue weighted by Gasteiger charge is 2.15. The molecule has 2 atom stereocenters. The predicted molar refractivity (Wildman–Crippen MR) is 116 cm³/mol. The van der Waals surface area contributed by atoms with E-state index in [0.717, 1.165) is 30.7 Å². The third-order valence-electron chi connectivity index (χ3n) is 5.05. The Labute approximate surface area is 174 Å². The topological polar surface area (TPSA) is 39.7 Å². The maximum atomic E-state index is 6.38. The molecular formula is C23H32ClNO3. The average molecular weight is 406 g/mol. The van der Waals surface area contributed by atoms with Crippen molar-refractivity contribution in [3.8, 4) is 17.2 Å². The summed E-state index contributed by atoms with van der Waals surface area (Å²) in [5.74, 6) is 2.77. The first-order valence-corrected chi connectivity index (χ1v) is 10.3. The van der Waals surface area contributed by atoms with Crippen LogP contribution in [-0.4, -0.2) is 26.9 Å². The summed E-state index contributed by atoms with van der Waals surface area (Å²) in [5.41, 5.74) is 2.24. The Morgan fingerprint density at radius 1 is 0.964 bits per heavy atom. The molecule has 2 aromatic carbocycles. The maximum absolute atomic E-state index is 6.38. The summed E-state index contributed by atoms with van der Waals surface area (Å²) < 4.78 is 17.0. The van der Waals surface area contributed by atoms with Crippen LogP contribution in [0.5, 0.6) is 17.2 Å². The fraction of sp³-hybridized carbons (Fsp3) is 0.478. The number of nitrogens with one attached hydrogen (secondary N) is 1. The summed E-state index contributed by atoms with van der Waals surface area (Å²) >= 11 is 6.38. The summed E-state index contributed by atoms with van der Waals surface area (Å²) in [6, 6.07) is 12.0. The van der Waals surface area contributed by atoms with Crippen molar-refractivity contribution >= 4 is 11.6 Å². The molecule has 154 valence electrons. The van der Waals surface area contributed by atoms with Crippen LogP contribution in [0.3, 0.4) is 0 Å². The lowest BCUT2D eigenvalue weighted by molar-refractivity contribution is 0.190. The van der Waals surface area contributed by atoms with Gasteiger partial charge in [0.2, 0.25) is 0 Å². The molecule has 0 amide bonds. The summed E-state index contributed by atoms with van der Waals surface area (Å²) in [5, 5.41) is 4.11. The number of benzene rings is 2. The van der Waals surface area contributed by atoms with Crippen molar-refractivity contribution in [1.29, 1.82) is 0 Å². The van der Waals surface area contributed by atoms with E-state index < -0.39 is 0 Å². The van der Waals surface area contributed by atoms with Gasteiger partial charge < -0.3 is 19.5 Å². The molecule has 2 unspecified atom stereocenters. The molecule has 0 bridgehead atoms. The van der Waals surface area contributed by atoms with Gasteiger partial charge in [0.15, 0.2) is 11.5 Å². The summed E-state index contributed by atoms with van der Waals surface area (Å²) in [6.07, 6.45) is 2.10. The molecule has 0 fully saturated rings. The van der Waals surface area contributed by atoms with Gasteiger partial charge in [-0.1, -0.05) is 50.6 Å². The zero-order chi connectivity index (χ0) is 20.5. The Morgan fingerprint density at radius 2 is 1.64 bits per heavy atom. The molecule has 0 spiro atoms. The first kappa shape index (κ1) is 22.4. The van der Waals surface area contributed by atoms with Crippen LogP contribution in [0, 0.1) is 0 Å². The number of hydrogen-bond donors (Lipinski definition) is 1. The molecule has 28 heavy (non-hydrogen) atoms. The Kier molecular flexibility index (Phi) is 8.94. The lowest BCUT2D eigenvalue weighted by Crippen LogP contribution is -2.31. The van der Waals surface area contributed by atoms with E-state index in [1.54, 1.807) is 20.3 Å². The Hall–Kier alpha value is -1.91. The molecule has 4 nitrogen and oxygen atoms in total. The molecule has 0 aliphatic heterocycles. The van der Waals surface area contributed by atoms with Gasteiger partial charge >= 0.3 is 0 Å². The van der Waals surface area contributed by atoms with Gasteiger partial charge in [-0.25, -0.2) is 0 Å².